The summed E-state index contributed by atoms with van der Waals surface area (Å²) in [6.45, 7) is 0.206. The molecule has 2 aromatic carbocycles. The molecule has 2 N–H and O–H groups in total. The van der Waals surface area contributed by atoms with Crippen LogP contribution in [0, 0.1) is 0 Å². The number of anilines is 2. The van der Waals surface area contributed by atoms with Gasteiger partial charge in [0.1, 0.15) is 0 Å². The number of aliphatic hydroxyl groups is 1. The fourth-order valence-electron chi connectivity index (χ4n) is 2.40. The van der Waals surface area contributed by atoms with Crippen molar-refractivity contribution in [3.05, 3.63) is 59.7 Å². The Morgan fingerprint density at radius 3 is 2.42 bits per heavy atom. The van der Waals surface area contributed by atoms with Gasteiger partial charge >= 0.3 is 0 Å². The average Bonchev–Trinajstić information content (AvgIpc) is 3.26. The van der Waals surface area contributed by atoms with Crippen LogP contribution in [-0.4, -0.2) is 11.7 Å². The van der Waals surface area contributed by atoms with Crippen molar-refractivity contribution in [1.29, 1.82) is 0 Å². The summed E-state index contributed by atoms with van der Waals surface area (Å²) >= 11 is 0. The first-order valence-corrected chi connectivity index (χ1v) is 6.92. The molecule has 2 nitrogen and oxygen atoms in total. The molecule has 1 aliphatic rings. The average molecular weight is 253 g/mol. The molecular formula is C17H19NO. The predicted molar refractivity (Wildman–Crippen MR) is 78.9 cm³/mol. The summed E-state index contributed by atoms with van der Waals surface area (Å²) < 4.78 is 0. The zero-order valence-electron chi connectivity index (χ0n) is 11.0. The van der Waals surface area contributed by atoms with E-state index in [0.717, 1.165) is 18.0 Å². The Morgan fingerprint density at radius 2 is 1.74 bits per heavy atom. The quantitative estimate of drug-likeness (QED) is 0.848. The maximum absolute atomic E-state index is 8.91. The van der Waals surface area contributed by atoms with Gasteiger partial charge in [0.25, 0.3) is 0 Å². The molecule has 98 valence electrons. The Morgan fingerprint density at radius 1 is 1.00 bits per heavy atom. The lowest BCUT2D eigenvalue weighted by molar-refractivity contribution is 0.299. The van der Waals surface area contributed by atoms with E-state index in [1.54, 1.807) is 0 Å². The molecule has 0 unspecified atom stereocenters. The van der Waals surface area contributed by atoms with Gasteiger partial charge < -0.3 is 10.4 Å². The van der Waals surface area contributed by atoms with Crippen LogP contribution >= 0.6 is 0 Å². The SMILES string of the molecule is OCCc1ccc(Nc2ccccc2C2CC2)cc1. The Balaban J connectivity index is 1.77. The van der Waals surface area contributed by atoms with Crippen LogP contribution in [0.2, 0.25) is 0 Å². The van der Waals surface area contributed by atoms with Gasteiger partial charge in [0.05, 0.1) is 0 Å². The number of aliphatic hydroxyl groups excluding tert-OH is 1. The highest BCUT2D eigenvalue weighted by Crippen LogP contribution is 2.43. The molecule has 0 atom stereocenters. The molecule has 1 aliphatic carbocycles. The Hall–Kier alpha value is -1.80. The second-order valence-corrected chi connectivity index (χ2v) is 5.16. The lowest BCUT2D eigenvalue weighted by Gasteiger charge is -2.12. The summed E-state index contributed by atoms with van der Waals surface area (Å²) in [5.41, 5.74) is 4.93. The third kappa shape index (κ3) is 2.96. The zero-order valence-corrected chi connectivity index (χ0v) is 11.0. The molecule has 2 aromatic rings. The molecule has 0 aliphatic heterocycles. The van der Waals surface area contributed by atoms with Crippen molar-refractivity contribution in [2.45, 2.75) is 25.2 Å². The van der Waals surface area contributed by atoms with E-state index in [0.29, 0.717) is 0 Å². The van der Waals surface area contributed by atoms with Crippen molar-refractivity contribution in [1.82, 2.24) is 0 Å². The van der Waals surface area contributed by atoms with Crippen molar-refractivity contribution in [2.24, 2.45) is 0 Å². The number of hydrogen-bond donors (Lipinski definition) is 2. The maximum atomic E-state index is 8.91. The van der Waals surface area contributed by atoms with Crippen LogP contribution in [0.1, 0.15) is 29.9 Å². The minimum absolute atomic E-state index is 0.206. The molecule has 0 bridgehead atoms. The van der Waals surface area contributed by atoms with Gasteiger partial charge in [-0.3, -0.25) is 0 Å². The number of para-hydroxylation sites is 1. The van der Waals surface area contributed by atoms with E-state index in [9.17, 15) is 0 Å². The molecule has 0 heterocycles. The van der Waals surface area contributed by atoms with Crippen LogP contribution in [0.25, 0.3) is 0 Å². The molecule has 1 fully saturated rings. The van der Waals surface area contributed by atoms with Crippen LogP contribution in [-0.2, 0) is 6.42 Å². The van der Waals surface area contributed by atoms with E-state index >= 15 is 0 Å². The molecule has 0 radical (unpaired) electrons. The largest absolute Gasteiger partial charge is 0.396 e. The van der Waals surface area contributed by atoms with Gasteiger partial charge in [-0.2, -0.15) is 0 Å². The van der Waals surface area contributed by atoms with Crippen molar-refractivity contribution in [3.63, 3.8) is 0 Å². The molecule has 0 spiro atoms. The predicted octanol–water partition coefficient (Wildman–Crippen LogP) is 3.84. The fourth-order valence-corrected chi connectivity index (χ4v) is 2.40. The Labute approximate surface area is 114 Å². The normalized spacial score (nSPS) is 14.4. The van der Waals surface area contributed by atoms with E-state index in [1.807, 2.05) is 0 Å². The lowest BCUT2D eigenvalue weighted by Crippen LogP contribution is -1.96. The Kier molecular flexibility index (Phi) is 3.51. The van der Waals surface area contributed by atoms with Gasteiger partial charge in [0.2, 0.25) is 0 Å². The molecule has 19 heavy (non-hydrogen) atoms. The molecule has 1 saturated carbocycles. The van der Waals surface area contributed by atoms with E-state index in [4.69, 9.17) is 5.11 Å². The van der Waals surface area contributed by atoms with Crippen LogP contribution < -0.4 is 5.32 Å². The highest BCUT2D eigenvalue weighted by Gasteiger charge is 2.25. The number of rotatable bonds is 5. The van der Waals surface area contributed by atoms with Crippen molar-refractivity contribution >= 4 is 11.4 Å². The molecule has 0 saturated heterocycles. The maximum Gasteiger partial charge on any atom is 0.0471 e. The third-order valence-electron chi connectivity index (χ3n) is 3.61. The zero-order chi connectivity index (χ0) is 13.1. The number of benzene rings is 2. The first-order chi connectivity index (χ1) is 9.36. The van der Waals surface area contributed by atoms with E-state index in [-0.39, 0.29) is 6.61 Å². The standard InChI is InChI=1S/C17H19NO/c19-12-11-13-5-9-15(10-6-13)18-17-4-2-1-3-16(17)14-7-8-14/h1-6,9-10,14,18-19H,7-8,11-12H2. The molecule has 0 amide bonds. The first-order valence-electron chi connectivity index (χ1n) is 6.92. The fraction of sp³-hybridized carbons (Fsp3) is 0.294. The van der Waals surface area contributed by atoms with Crippen LogP contribution in [0.5, 0.6) is 0 Å². The molecule has 0 aromatic heterocycles. The Bertz CT molecular complexity index is 543. The van der Waals surface area contributed by atoms with Crippen molar-refractivity contribution in [2.75, 3.05) is 11.9 Å². The summed E-state index contributed by atoms with van der Waals surface area (Å²) in [7, 11) is 0. The van der Waals surface area contributed by atoms with Gasteiger partial charge in [0.15, 0.2) is 0 Å². The van der Waals surface area contributed by atoms with Crippen LogP contribution in [0.15, 0.2) is 48.5 Å². The third-order valence-corrected chi connectivity index (χ3v) is 3.61. The van der Waals surface area contributed by atoms with Gasteiger partial charge in [-0.1, -0.05) is 30.3 Å². The summed E-state index contributed by atoms with van der Waals surface area (Å²) in [4.78, 5) is 0. The minimum atomic E-state index is 0.206. The number of nitrogens with one attached hydrogen (secondary N) is 1. The number of hydrogen-bond acceptors (Lipinski definition) is 2. The topological polar surface area (TPSA) is 32.3 Å². The first kappa shape index (κ1) is 12.2. The van der Waals surface area contributed by atoms with Crippen molar-refractivity contribution < 1.29 is 5.11 Å². The summed E-state index contributed by atoms with van der Waals surface area (Å²) in [6.07, 6.45) is 3.35. The highest BCUT2D eigenvalue weighted by molar-refractivity contribution is 5.64. The molecular weight excluding hydrogens is 234 g/mol. The van der Waals surface area contributed by atoms with Gasteiger partial charge in [-0.15, -0.1) is 0 Å². The molecule has 3 rings (SSSR count). The van der Waals surface area contributed by atoms with Crippen LogP contribution in [0.3, 0.4) is 0 Å². The monoisotopic (exact) mass is 253 g/mol. The van der Waals surface area contributed by atoms with Crippen LogP contribution in [0.4, 0.5) is 11.4 Å². The van der Waals surface area contributed by atoms with Gasteiger partial charge in [0, 0.05) is 18.0 Å². The van der Waals surface area contributed by atoms with E-state index < -0.39 is 0 Å². The summed E-state index contributed by atoms with van der Waals surface area (Å²) in [6, 6.07) is 16.9. The second-order valence-electron chi connectivity index (χ2n) is 5.16. The second kappa shape index (κ2) is 5.45. The minimum Gasteiger partial charge on any atom is -0.396 e. The summed E-state index contributed by atoms with van der Waals surface area (Å²) in [5.74, 6) is 0.748. The highest BCUT2D eigenvalue weighted by atomic mass is 16.2. The summed E-state index contributed by atoms with van der Waals surface area (Å²) in [5, 5.41) is 12.4. The van der Waals surface area contributed by atoms with Crippen molar-refractivity contribution in [3.8, 4) is 0 Å². The smallest absolute Gasteiger partial charge is 0.0471 e. The van der Waals surface area contributed by atoms with Gasteiger partial charge in [-0.05, 0) is 54.5 Å². The van der Waals surface area contributed by atoms with Gasteiger partial charge in [-0.25, -0.2) is 0 Å². The molecule has 2 heteroatoms. The lowest BCUT2D eigenvalue weighted by atomic mass is 10.1. The van der Waals surface area contributed by atoms with E-state index in [2.05, 4.69) is 53.8 Å². The van der Waals surface area contributed by atoms with E-state index in [1.165, 1.54) is 29.7 Å².